The van der Waals surface area contributed by atoms with E-state index in [0.29, 0.717) is 17.9 Å². The molecule has 1 rings (SSSR count). The van der Waals surface area contributed by atoms with Crippen LogP contribution in [0.2, 0.25) is 0 Å². The van der Waals surface area contributed by atoms with E-state index in [2.05, 4.69) is 31.4 Å². The molecule has 0 aromatic heterocycles. The Morgan fingerprint density at radius 3 is 2.50 bits per heavy atom. The van der Waals surface area contributed by atoms with Crippen molar-refractivity contribution in [3.8, 4) is 0 Å². The van der Waals surface area contributed by atoms with Gasteiger partial charge in [0.1, 0.15) is 0 Å². The first kappa shape index (κ1) is 19.7. The summed E-state index contributed by atoms with van der Waals surface area (Å²) in [7, 11) is 0. The van der Waals surface area contributed by atoms with E-state index < -0.39 is 12.0 Å². The van der Waals surface area contributed by atoms with Gasteiger partial charge in [-0.2, -0.15) is 0 Å². The van der Waals surface area contributed by atoms with Crippen molar-refractivity contribution in [3.05, 3.63) is 41.6 Å². The summed E-state index contributed by atoms with van der Waals surface area (Å²) in [6, 6.07) is 6.42. The van der Waals surface area contributed by atoms with Gasteiger partial charge in [-0.05, 0) is 30.9 Å². The van der Waals surface area contributed by atoms with Gasteiger partial charge in [0.05, 0.1) is 17.9 Å². The van der Waals surface area contributed by atoms with Crippen LogP contribution in [0.3, 0.4) is 0 Å². The molecule has 0 aliphatic heterocycles. The van der Waals surface area contributed by atoms with Crippen LogP contribution < -0.4 is 10.6 Å². The number of para-hydroxylation sites is 1. The minimum Gasteiger partial charge on any atom is -0.462 e. The Balaban J connectivity index is 2.74. The molecule has 0 fully saturated rings. The number of benzene rings is 1. The van der Waals surface area contributed by atoms with E-state index in [1.807, 2.05) is 13.8 Å². The van der Waals surface area contributed by atoms with E-state index in [1.165, 1.54) is 0 Å². The highest BCUT2D eigenvalue weighted by atomic mass is 16.5. The normalized spacial score (nSPS) is 11.8. The fourth-order valence-electron chi connectivity index (χ4n) is 1.71. The molecule has 0 heterocycles. The van der Waals surface area contributed by atoms with E-state index in [4.69, 9.17) is 4.74 Å². The fourth-order valence-corrected chi connectivity index (χ4v) is 1.71. The predicted octanol–water partition coefficient (Wildman–Crippen LogP) is 4.71. The Bertz CT molecular complexity index is 601. The summed E-state index contributed by atoms with van der Waals surface area (Å²) >= 11 is 0. The summed E-state index contributed by atoms with van der Waals surface area (Å²) in [6.07, 6.45) is 3.45. The topological polar surface area (TPSA) is 67.4 Å². The van der Waals surface area contributed by atoms with Crippen LogP contribution in [-0.2, 0) is 4.74 Å². The lowest BCUT2D eigenvalue weighted by Crippen LogP contribution is -2.26. The van der Waals surface area contributed by atoms with Crippen LogP contribution in [0.15, 0.2) is 36.0 Å². The van der Waals surface area contributed by atoms with Gasteiger partial charge >= 0.3 is 12.0 Å². The smallest absolute Gasteiger partial charge is 0.340 e. The van der Waals surface area contributed by atoms with Crippen molar-refractivity contribution in [2.24, 2.45) is 5.41 Å². The maximum Gasteiger partial charge on any atom is 0.340 e. The third kappa shape index (κ3) is 6.44. The lowest BCUT2D eigenvalue weighted by atomic mass is 9.88. The number of ether oxygens (including phenoxy) is 1. The predicted molar refractivity (Wildman–Crippen MR) is 97.0 cm³/mol. The van der Waals surface area contributed by atoms with Crippen molar-refractivity contribution in [2.75, 3.05) is 11.9 Å². The SMILES string of the molecule is CCCCOC(=O)c1ccccc1NC(=O)N/C=C(\C)C(C)(C)C. The molecule has 0 unspecified atom stereocenters. The van der Waals surface area contributed by atoms with Gasteiger partial charge in [0.25, 0.3) is 0 Å². The second-order valence-electron chi connectivity index (χ2n) is 6.71. The standard InChI is InChI=1S/C19H28N2O3/c1-6-7-12-24-17(22)15-10-8-9-11-16(15)21-18(23)20-13-14(2)19(3,4)5/h8-11,13H,6-7,12H2,1-5H3,(H2,20,21,23)/b14-13+. The summed E-state index contributed by atoms with van der Waals surface area (Å²) in [5, 5.41) is 5.38. The van der Waals surface area contributed by atoms with E-state index in [0.717, 1.165) is 18.4 Å². The van der Waals surface area contributed by atoms with Crippen molar-refractivity contribution >= 4 is 17.7 Å². The summed E-state index contributed by atoms with van der Waals surface area (Å²) in [5.41, 5.74) is 1.80. The van der Waals surface area contributed by atoms with Gasteiger partial charge in [0.15, 0.2) is 0 Å². The number of rotatable bonds is 6. The molecule has 0 saturated carbocycles. The second-order valence-corrected chi connectivity index (χ2v) is 6.71. The first-order valence-electron chi connectivity index (χ1n) is 8.26. The number of anilines is 1. The van der Waals surface area contributed by atoms with E-state index in [1.54, 1.807) is 30.5 Å². The third-order valence-corrected chi connectivity index (χ3v) is 3.73. The quantitative estimate of drug-likeness (QED) is 0.585. The van der Waals surface area contributed by atoms with E-state index in [9.17, 15) is 9.59 Å². The van der Waals surface area contributed by atoms with Gasteiger partial charge in [-0.1, -0.05) is 51.8 Å². The minimum absolute atomic E-state index is 0.0196. The van der Waals surface area contributed by atoms with E-state index >= 15 is 0 Å². The first-order valence-corrected chi connectivity index (χ1v) is 8.26. The maximum absolute atomic E-state index is 12.1. The average molecular weight is 332 g/mol. The van der Waals surface area contributed by atoms with Gasteiger partial charge in [0.2, 0.25) is 0 Å². The fraction of sp³-hybridized carbons (Fsp3) is 0.474. The molecular formula is C19H28N2O3. The Hall–Kier alpha value is -2.30. The van der Waals surface area contributed by atoms with Crippen molar-refractivity contribution in [1.82, 2.24) is 5.32 Å². The largest absolute Gasteiger partial charge is 0.462 e. The van der Waals surface area contributed by atoms with Crippen LogP contribution in [0.25, 0.3) is 0 Å². The molecule has 0 spiro atoms. The number of hydrogen-bond acceptors (Lipinski definition) is 3. The van der Waals surface area contributed by atoms with Gasteiger partial charge < -0.3 is 15.4 Å². The Morgan fingerprint density at radius 1 is 1.21 bits per heavy atom. The Labute approximate surface area is 144 Å². The van der Waals surface area contributed by atoms with Crippen LogP contribution >= 0.6 is 0 Å². The number of urea groups is 1. The first-order chi connectivity index (χ1) is 11.3. The molecule has 5 nitrogen and oxygen atoms in total. The highest BCUT2D eigenvalue weighted by Crippen LogP contribution is 2.23. The van der Waals surface area contributed by atoms with Crippen molar-refractivity contribution in [3.63, 3.8) is 0 Å². The molecule has 1 aromatic rings. The van der Waals surface area contributed by atoms with Crippen LogP contribution in [-0.4, -0.2) is 18.6 Å². The molecule has 5 heteroatoms. The monoisotopic (exact) mass is 332 g/mol. The summed E-state index contributed by atoms with van der Waals surface area (Å²) in [5.74, 6) is -0.430. The lowest BCUT2D eigenvalue weighted by molar-refractivity contribution is 0.0501. The zero-order chi connectivity index (χ0) is 18.2. The van der Waals surface area contributed by atoms with Crippen LogP contribution in [0.4, 0.5) is 10.5 Å². The van der Waals surface area contributed by atoms with Crippen LogP contribution in [0.1, 0.15) is 57.8 Å². The highest BCUT2D eigenvalue weighted by Gasteiger charge is 2.15. The molecule has 1 aromatic carbocycles. The molecule has 0 saturated heterocycles. The number of amides is 2. The highest BCUT2D eigenvalue weighted by molar-refractivity contribution is 6.01. The number of carbonyl (C=O) groups excluding carboxylic acids is 2. The van der Waals surface area contributed by atoms with Crippen LogP contribution in [0.5, 0.6) is 0 Å². The molecule has 132 valence electrons. The van der Waals surface area contributed by atoms with Crippen molar-refractivity contribution in [1.29, 1.82) is 0 Å². The molecule has 24 heavy (non-hydrogen) atoms. The number of allylic oxidation sites excluding steroid dienone is 1. The Morgan fingerprint density at radius 2 is 1.88 bits per heavy atom. The van der Waals surface area contributed by atoms with E-state index in [-0.39, 0.29) is 5.41 Å². The third-order valence-electron chi connectivity index (χ3n) is 3.73. The van der Waals surface area contributed by atoms with Crippen molar-refractivity contribution < 1.29 is 14.3 Å². The lowest BCUT2D eigenvalue weighted by Gasteiger charge is -2.19. The van der Waals surface area contributed by atoms with Crippen molar-refractivity contribution in [2.45, 2.75) is 47.5 Å². The second kappa shape index (κ2) is 9.11. The van der Waals surface area contributed by atoms with Gasteiger partial charge in [-0.3, -0.25) is 0 Å². The zero-order valence-corrected chi connectivity index (χ0v) is 15.2. The number of nitrogens with one attached hydrogen (secondary N) is 2. The zero-order valence-electron chi connectivity index (χ0n) is 15.2. The van der Waals surface area contributed by atoms with Gasteiger partial charge in [-0.15, -0.1) is 0 Å². The minimum atomic E-state index is -0.430. The molecule has 2 amide bonds. The molecule has 0 bridgehead atoms. The number of hydrogen-bond donors (Lipinski definition) is 2. The number of carbonyl (C=O) groups is 2. The summed E-state index contributed by atoms with van der Waals surface area (Å²) in [6.45, 7) is 10.6. The average Bonchev–Trinajstić information content (AvgIpc) is 2.52. The summed E-state index contributed by atoms with van der Waals surface area (Å²) < 4.78 is 5.21. The number of unbranched alkanes of at least 4 members (excludes halogenated alkanes) is 1. The molecule has 0 aliphatic rings. The Kier molecular flexibility index (Phi) is 7.49. The summed E-state index contributed by atoms with van der Waals surface area (Å²) in [4.78, 5) is 24.2. The maximum atomic E-state index is 12.1. The van der Waals surface area contributed by atoms with Crippen LogP contribution in [0, 0.1) is 5.41 Å². The number of esters is 1. The van der Waals surface area contributed by atoms with Gasteiger partial charge in [0, 0.05) is 6.20 Å². The molecule has 0 atom stereocenters. The molecule has 0 radical (unpaired) electrons. The molecule has 2 N–H and O–H groups in total. The van der Waals surface area contributed by atoms with Gasteiger partial charge in [-0.25, -0.2) is 9.59 Å². The molecule has 0 aliphatic carbocycles. The molecular weight excluding hydrogens is 304 g/mol.